The van der Waals surface area contributed by atoms with Crippen LogP contribution in [0, 0.1) is 12.1 Å². The SMILES string of the molecule is O=C(Nc1cccc(C(=O)c2c#cc3ncc(N4CCOCC4)nc3c2)c1)c1cccc(C(F)(F)F)c1. The molecule has 1 N–H and O–H groups in total. The highest BCUT2D eigenvalue weighted by Crippen LogP contribution is 2.29. The van der Waals surface area contributed by atoms with Gasteiger partial charge in [0.05, 0.1) is 30.5 Å². The van der Waals surface area contributed by atoms with Gasteiger partial charge < -0.3 is 15.0 Å². The van der Waals surface area contributed by atoms with Crippen molar-refractivity contribution in [2.75, 3.05) is 36.5 Å². The van der Waals surface area contributed by atoms with E-state index >= 15 is 0 Å². The van der Waals surface area contributed by atoms with E-state index in [1.807, 2.05) is 4.90 Å². The molecule has 1 fully saturated rings. The molecule has 0 saturated carbocycles. The Morgan fingerprint density at radius 1 is 0.973 bits per heavy atom. The van der Waals surface area contributed by atoms with Crippen LogP contribution >= 0.6 is 0 Å². The van der Waals surface area contributed by atoms with Crippen LogP contribution in [0.3, 0.4) is 0 Å². The second-order valence-electron chi connectivity index (χ2n) is 8.31. The van der Waals surface area contributed by atoms with Crippen LogP contribution in [-0.2, 0) is 10.9 Å². The van der Waals surface area contributed by atoms with Gasteiger partial charge in [-0.2, -0.15) is 13.2 Å². The second-order valence-corrected chi connectivity index (χ2v) is 8.31. The topological polar surface area (TPSA) is 84.4 Å². The van der Waals surface area contributed by atoms with E-state index in [1.54, 1.807) is 30.5 Å². The minimum atomic E-state index is -4.57. The maximum atomic E-state index is 13.2. The lowest BCUT2D eigenvalue weighted by molar-refractivity contribution is -0.137. The molecule has 0 atom stereocenters. The molecule has 2 heterocycles. The number of amides is 1. The Morgan fingerprint density at radius 2 is 1.73 bits per heavy atom. The molecule has 1 aromatic heterocycles. The van der Waals surface area contributed by atoms with E-state index in [4.69, 9.17) is 4.74 Å². The Balaban J connectivity index is 1.36. The number of anilines is 2. The largest absolute Gasteiger partial charge is 0.416 e. The van der Waals surface area contributed by atoms with E-state index in [9.17, 15) is 22.8 Å². The van der Waals surface area contributed by atoms with Crippen LogP contribution in [0.15, 0.2) is 60.8 Å². The molecule has 1 amide bonds. The van der Waals surface area contributed by atoms with E-state index in [2.05, 4.69) is 27.4 Å². The number of carbonyl (C=O) groups excluding carboxylic acids is 2. The number of rotatable bonds is 5. The molecule has 5 rings (SSSR count). The third kappa shape index (κ3) is 5.37. The molecule has 3 aromatic carbocycles. The maximum absolute atomic E-state index is 13.2. The highest BCUT2D eigenvalue weighted by molar-refractivity contribution is 6.11. The number of nitrogens with zero attached hydrogens (tertiary/aromatic N) is 3. The molecule has 7 nitrogen and oxygen atoms in total. The number of ketones is 1. The predicted molar refractivity (Wildman–Crippen MR) is 130 cm³/mol. The van der Waals surface area contributed by atoms with Gasteiger partial charge in [-0.25, -0.2) is 9.97 Å². The standard InChI is InChI=1S/C27H19F3N4O3/c28-27(29,30)20-5-1-4-19(13-20)26(36)32-21-6-2-3-17(14-21)25(35)18-7-8-22-23(15-18)33-24(16-31-22)34-9-11-37-12-10-34/h1-6,13-16H,9-12H2,(H,32,36). The summed E-state index contributed by atoms with van der Waals surface area (Å²) in [6.07, 6.45) is -2.92. The number of benzene rings is 2. The number of hydrogen-bond donors (Lipinski definition) is 1. The van der Waals surface area contributed by atoms with Crippen LogP contribution in [0.1, 0.15) is 31.8 Å². The van der Waals surface area contributed by atoms with E-state index < -0.39 is 17.6 Å². The lowest BCUT2D eigenvalue weighted by Crippen LogP contribution is -2.36. The molecule has 0 spiro atoms. The number of halogens is 3. The first-order valence-corrected chi connectivity index (χ1v) is 11.3. The lowest BCUT2D eigenvalue weighted by Gasteiger charge is -2.27. The molecule has 186 valence electrons. The summed E-state index contributed by atoms with van der Waals surface area (Å²) >= 11 is 0. The van der Waals surface area contributed by atoms with Crippen LogP contribution in [0.2, 0.25) is 0 Å². The maximum Gasteiger partial charge on any atom is 0.416 e. The number of hydrogen-bond acceptors (Lipinski definition) is 6. The van der Waals surface area contributed by atoms with Crippen LogP contribution in [0.5, 0.6) is 0 Å². The van der Waals surface area contributed by atoms with Crippen molar-refractivity contribution in [3.8, 4) is 0 Å². The summed E-state index contributed by atoms with van der Waals surface area (Å²) in [5, 5.41) is 2.54. The molecule has 1 saturated heterocycles. The molecule has 0 unspecified atom stereocenters. The first-order chi connectivity index (χ1) is 17.8. The highest BCUT2D eigenvalue weighted by atomic mass is 19.4. The van der Waals surface area contributed by atoms with Gasteiger partial charge in [-0.15, -0.1) is 0 Å². The van der Waals surface area contributed by atoms with Crippen molar-refractivity contribution in [1.82, 2.24) is 9.97 Å². The highest BCUT2D eigenvalue weighted by Gasteiger charge is 2.31. The Labute approximate surface area is 209 Å². The van der Waals surface area contributed by atoms with Crippen LogP contribution in [0.4, 0.5) is 24.7 Å². The molecule has 0 bridgehead atoms. The number of nitrogens with one attached hydrogen (secondary N) is 1. The zero-order chi connectivity index (χ0) is 26.0. The molecule has 10 heteroatoms. The number of alkyl halides is 3. The first kappa shape index (κ1) is 24.2. The Hall–Kier alpha value is -4.49. The Bertz CT molecular complexity index is 1480. The Kier molecular flexibility index (Phi) is 6.46. The van der Waals surface area contributed by atoms with Crippen molar-refractivity contribution in [1.29, 1.82) is 0 Å². The molecular formula is C27H19F3N4O3. The van der Waals surface area contributed by atoms with Crippen molar-refractivity contribution < 1.29 is 27.5 Å². The summed E-state index contributed by atoms with van der Waals surface area (Å²) in [6, 6.07) is 17.5. The minimum absolute atomic E-state index is 0.154. The third-order valence-corrected chi connectivity index (χ3v) is 5.80. The zero-order valence-electron chi connectivity index (χ0n) is 19.3. The number of morpholine rings is 1. The molecule has 37 heavy (non-hydrogen) atoms. The fourth-order valence-electron chi connectivity index (χ4n) is 3.89. The monoisotopic (exact) mass is 504 g/mol. The summed E-state index contributed by atoms with van der Waals surface area (Å²) in [5.41, 5.74) is 0.597. The summed E-state index contributed by atoms with van der Waals surface area (Å²) < 4.78 is 44.3. The van der Waals surface area contributed by atoms with Gasteiger partial charge in [-0.05, 0) is 42.5 Å². The number of carbonyl (C=O) groups is 2. The molecule has 0 aliphatic carbocycles. The van der Waals surface area contributed by atoms with Gasteiger partial charge in [-0.3, -0.25) is 9.59 Å². The van der Waals surface area contributed by atoms with Gasteiger partial charge in [-0.1, -0.05) is 24.3 Å². The molecule has 1 aliphatic heterocycles. The van der Waals surface area contributed by atoms with Crippen molar-refractivity contribution in [2.45, 2.75) is 6.18 Å². The number of fused-ring (bicyclic) bond motifs is 1. The molecule has 1 aliphatic rings. The van der Waals surface area contributed by atoms with Gasteiger partial charge in [0.15, 0.2) is 0 Å². The molecule has 0 radical (unpaired) electrons. The van der Waals surface area contributed by atoms with Gasteiger partial charge in [0.25, 0.3) is 5.91 Å². The summed E-state index contributed by atoms with van der Waals surface area (Å²) in [7, 11) is 0. The minimum Gasteiger partial charge on any atom is -0.378 e. The van der Waals surface area contributed by atoms with E-state index in [-0.39, 0.29) is 28.2 Å². The fourth-order valence-corrected chi connectivity index (χ4v) is 3.89. The predicted octanol–water partition coefficient (Wildman–Crippen LogP) is 4.57. The first-order valence-electron chi connectivity index (χ1n) is 11.3. The summed E-state index contributed by atoms with van der Waals surface area (Å²) in [6.45, 7) is 2.57. The van der Waals surface area contributed by atoms with Crippen molar-refractivity contribution in [3.63, 3.8) is 0 Å². The van der Waals surface area contributed by atoms with E-state index in [0.29, 0.717) is 43.2 Å². The fraction of sp³-hybridized carbons (Fsp3) is 0.185. The van der Waals surface area contributed by atoms with E-state index in [0.717, 1.165) is 18.2 Å². The lowest BCUT2D eigenvalue weighted by atomic mass is 10.0. The summed E-state index contributed by atoms with van der Waals surface area (Å²) in [5.74, 6) is -0.438. The van der Waals surface area contributed by atoms with Crippen LogP contribution in [-0.4, -0.2) is 48.0 Å². The van der Waals surface area contributed by atoms with Crippen molar-refractivity contribution in [3.05, 3.63) is 95.2 Å². The quantitative estimate of drug-likeness (QED) is 0.401. The van der Waals surface area contributed by atoms with Gasteiger partial charge in [0.1, 0.15) is 16.9 Å². The smallest absolute Gasteiger partial charge is 0.378 e. The average Bonchev–Trinajstić information content (AvgIpc) is 2.92. The second kappa shape index (κ2) is 9.87. The number of ether oxygens (including phenoxy) is 1. The Morgan fingerprint density at radius 3 is 2.51 bits per heavy atom. The van der Waals surface area contributed by atoms with Crippen LogP contribution in [0.25, 0.3) is 11.0 Å². The molecule has 4 aromatic rings. The van der Waals surface area contributed by atoms with Crippen molar-refractivity contribution in [2.24, 2.45) is 0 Å². The van der Waals surface area contributed by atoms with Crippen LogP contribution < -0.4 is 10.2 Å². The van der Waals surface area contributed by atoms with Gasteiger partial charge >= 0.3 is 6.18 Å². The number of aromatic nitrogens is 2. The van der Waals surface area contributed by atoms with Crippen molar-refractivity contribution >= 4 is 34.2 Å². The zero-order valence-corrected chi connectivity index (χ0v) is 19.3. The van der Waals surface area contributed by atoms with Gasteiger partial charge in [0.2, 0.25) is 5.78 Å². The normalized spacial score (nSPS) is 13.8. The average molecular weight is 504 g/mol. The van der Waals surface area contributed by atoms with E-state index in [1.165, 1.54) is 12.1 Å². The third-order valence-electron chi connectivity index (χ3n) is 5.80. The molecular weight excluding hydrogens is 485 g/mol. The van der Waals surface area contributed by atoms with Gasteiger partial charge in [0, 0.05) is 29.9 Å². The summed E-state index contributed by atoms with van der Waals surface area (Å²) in [4.78, 5) is 36.8.